The molecule has 15 heavy (non-hydrogen) atoms. The van der Waals surface area contributed by atoms with Crippen LogP contribution in [0.1, 0.15) is 10.4 Å². The van der Waals surface area contributed by atoms with Crippen LogP contribution >= 0.6 is 0 Å². The van der Waals surface area contributed by atoms with Gasteiger partial charge >= 0.3 is 6.03 Å². The second-order valence-electron chi connectivity index (χ2n) is 3.23. The van der Waals surface area contributed by atoms with E-state index in [-0.39, 0.29) is 5.91 Å². The number of hydrogen-bond acceptors (Lipinski definition) is 2. The van der Waals surface area contributed by atoms with Crippen LogP contribution in [-0.4, -0.2) is 30.9 Å². The van der Waals surface area contributed by atoms with Crippen LogP contribution in [0.4, 0.5) is 10.5 Å². The molecule has 0 heterocycles. The zero-order chi connectivity index (χ0) is 11.4. The predicted octanol–water partition coefficient (Wildman–Crippen LogP) is 0.879. The summed E-state index contributed by atoms with van der Waals surface area (Å²) in [7, 11) is 3.28. The highest BCUT2D eigenvalue weighted by Crippen LogP contribution is 2.15. The number of carbonyl (C=O) groups excluding carboxylic acids is 2. The molecule has 3 N–H and O–H groups in total. The Bertz CT molecular complexity index is 388. The van der Waals surface area contributed by atoms with Gasteiger partial charge in [-0.15, -0.1) is 0 Å². The average Bonchev–Trinajstić information content (AvgIpc) is 2.16. The Labute approximate surface area is 87.9 Å². The van der Waals surface area contributed by atoms with Crippen LogP contribution in [0.2, 0.25) is 0 Å². The van der Waals surface area contributed by atoms with Crippen LogP contribution in [0.3, 0.4) is 0 Å². The number of para-hydroxylation sites is 1. The number of nitrogens with zero attached hydrogens (tertiary/aromatic N) is 1. The molecule has 0 spiro atoms. The Kier molecular flexibility index (Phi) is 3.28. The average molecular weight is 207 g/mol. The smallest absolute Gasteiger partial charge is 0.316 e. The first-order chi connectivity index (χ1) is 7.02. The van der Waals surface area contributed by atoms with E-state index in [1.165, 1.54) is 4.90 Å². The van der Waals surface area contributed by atoms with Crippen molar-refractivity contribution in [3.63, 3.8) is 0 Å². The molecule has 5 nitrogen and oxygen atoms in total. The van der Waals surface area contributed by atoms with Gasteiger partial charge in [0.15, 0.2) is 0 Å². The van der Waals surface area contributed by atoms with Gasteiger partial charge in [0.05, 0.1) is 11.3 Å². The van der Waals surface area contributed by atoms with Gasteiger partial charge in [0, 0.05) is 14.1 Å². The summed E-state index contributed by atoms with van der Waals surface area (Å²) in [4.78, 5) is 23.8. The molecule has 80 valence electrons. The number of nitrogens with one attached hydrogen (secondary N) is 1. The molecule has 0 aliphatic carbocycles. The van der Waals surface area contributed by atoms with Crippen molar-refractivity contribution >= 4 is 17.6 Å². The third-order valence-electron chi connectivity index (χ3n) is 1.82. The van der Waals surface area contributed by atoms with Crippen LogP contribution in [-0.2, 0) is 0 Å². The van der Waals surface area contributed by atoms with Crippen LogP contribution < -0.4 is 11.1 Å². The van der Waals surface area contributed by atoms with E-state index >= 15 is 0 Å². The van der Waals surface area contributed by atoms with E-state index in [2.05, 4.69) is 5.32 Å². The maximum absolute atomic E-state index is 11.7. The molecule has 5 heteroatoms. The van der Waals surface area contributed by atoms with Gasteiger partial charge in [0.1, 0.15) is 0 Å². The van der Waals surface area contributed by atoms with Crippen LogP contribution in [0.15, 0.2) is 24.3 Å². The SMILES string of the molecule is CN(C)C(=O)c1ccccc1NC(N)=O. The lowest BCUT2D eigenvalue weighted by atomic mass is 10.1. The second kappa shape index (κ2) is 4.45. The zero-order valence-corrected chi connectivity index (χ0v) is 8.65. The molecule has 0 aliphatic rings. The minimum absolute atomic E-state index is 0.181. The molecule has 1 aromatic carbocycles. The fraction of sp³-hybridized carbons (Fsp3) is 0.200. The number of hydrogen-bond donors (Lipinski definition) is 2. The number of anilines is 1. The van der Waals surface area contributed by atoms with Crippen molar-refractivity contribution in [1.29, 1.82) is 0 Å². The first-order valence-electron chi connectivity index (χ1n) is 4.39. The van der Waals surface area contributed by atoms with E-state index < -0.39 is 6.03 Å². The predicted molar refractivity (Wildman–Crippen MR) is 57.7 cm³/mol. The summed E-state index contributed by atoms with van der Waals surface area (Å²) in [6.45, 7) is 0. The molecule has 0 saturated carbocycles. The fourth-order valence-corrected chi connectivity index (χ4v) is 1.15. The number of primary amides is 1. The van der Waals surface area contributed by atoms with Gasteiger partial charge in [-0.25, -0.2) is 4.79 Å². The molecule has 0 fully saturated rings. The van der Waals surface area contributed by atoms with Crippen LogP contribution in [0.5, 0.6) is 0 Å². The third-order valence-corrected chi connectivity index (χ3v) is 1.82. The maximum atomic E-state index is 11.7. The largest absolute Gasteiger partial charge is 0.351 e. The van der Waals surface area contributed by atoms with Crippen molar-refractivity contribution in [2.24, 2.45) is 5.73 Å². The molecular formula is C10H13N3O2. The van der Waals surface area contributed by atoms with E-state index in [4.69, 9.17) is 5.73 Å². The van der Waals surface area contributed by atoms with Gasteiger partial charge in [0.2, 0.25) is 0 Å². The summed E-state index contributed by atoms with van der Waals surface area (Å²) in [5.41, 5.74) is 5.83. The molecule has 0 bridgehead atoms. The zero-order valence-electron chi connectivity index (χ0n) is 8.65. The van der Waals surface area contributed by atoms with Crippen LogP contribution in [0.25, 0.3) is 0 Å². The molecule has 0 aromatic heterocycles. The molecule has 1 rings (SSSR count). The van der Waals surface area contributed by atoms with E-state index in [0.29, 0.717) is 11.3 Å². The van der Waals surface area contributed by atoms with E-state index in [0.717, 1.165) is 0 Å². The molecule has 0 radical (unpaired) electrons. The Balaban J connectivity index is 3.06. The van der Waals surface area contributed by atoms with E-state index in [9.17, 15) is 9.59 Å². The molecule has 0 saturated heterocycles. The number of urea groups is 1. The highest BCUT2D eigenvalue weighted by molar-refractivity contribution is 6.02. The summed E-state index contributed by atoms with van der Waals surface area (Å²) in [5.74, 6) is -0.181. The van der Waals surface area contributed by atoms with Gasteiger partial charge in [-0.2, -0.15) is 0 Å². The van der Waals surface area contributed by atoms with Crippen molar-refractivity contribution in [2.75, 3.05) is 19.4 Å². The molecular weight excluding hydrogens is 194 g/mol. The number of amides is 3. The van der Waals surface area contributed by atoms with E-state index in [1.807, 2.05) is 0 Å². The number of benzene rings is 1. The highest BCUT2D eigenvalue weighted by Gasteiger charge is 2.12. The summed E-state index contributed by atoms with van der Waals surface area (Å²) in [5, 5.41) is 2.40. The Morgan fingerprint density at radius 3 is 2.40 bits per heavy atom. The summed E-state index contributed by atoms with van der Waals surface area (Å²) < 4.78 is 0. The van der Waals surface area contributed by atoms with Gasteiger partial charge in [-0.1, -0.05) is 12.1 Å². The lowest BCUT2D eigenvalue weighted by molar-refractivity contribution is 0.0828. The summed E-state index contributed by atoms with van der Waals surface area (Å²) in [6, 6.07) is 6.02. The van der Waals surface area contributed by atoms with Crippen molar-refractivity contribution in [1.82, 2.24) is 4.90 Å². The van der Waals surface area contributed by atoms with Crippen LogP contribution in [0, 0.1) is 0 Å². The lowest BCUT2D eigenvalue weighted by Gasteiger charge is -2.13. The Morgan fingerprint density at radius 1 is 1.27 bits per heavy atom. The second-order valence-corrected chi connectivity index (χ2v) is 3.23. The maximum Gasteiger partial charge on any atom is 0.316 e. The third kappa shape index (κ3) is 2.70. The van der Waals surface area contributed by atoms with Crippen molar-refractivity contribution in [2.45, 2.75) is 0 Å². The molecule has 1 aromatic rings. The summed E-state index contributed by atoms with van der Waals surface area (Å²) in [6.07, 6.45) is 0. The highest BCUT2D eigenvalue weighted by atomic mass is 16.2. The van der Waals surface area contributed by atoms with Gasteiger partial charge < -0.3 is 16.0 Å². The van der Waals surface area contributed by atoms with Gasteiger partial charge in [-0.3, -0.25) is 4.79 Å². The van der Waals surface area contributed by atoms with Gasteiger partial charge in [0.25, 0.3) is 5.91 Å². The number of nitrogens with two attached hydrogens (primary N) is 1. The van der Waals surface area contributed by atoms with Crippen molar-refractivity contribution < 1.29 is 9.59 Å². The first-order valence-corrected chi connectivity index (χ1v) is 4.39. The van der Waals surface area contributed by atoms with E-state index in [1.54, 1.807) is 38.4 Å². The van der Waals surface area contributed by atoms with Gasteiger partial charge in [-0.05, 0) is 12.1 Å². The molecule has 3 amide bonds. The fourth-order valence-electron chi connectivity index (χ4n) is 1.15. The lowest BCUT2D eigenvalue weighted by Crippen LogP contribution is -2.25. The number of rotatable bonds is 2. The normalized spacial score (nSPS) is 9.47. The minimum Gasteiger partial charge on any atom is -0.351 e. The standard InChI is InChI=1S/C10H13N3O2/c1-13(2)9(14)7-5-3-4-6-8(7)12-10(11)15/h3-6H,1-2H3,(H3,11,12,15). The monoisotopic (exact) mass is 207 g/mol. The molecule has 0 unspecified atom stereocenters. The Morgan fingerprint density at radius 2 is 1.87 bits per heavy atom. The topological polar surface area (TPSA) is 75.4 Å². The van der Waals surface area contributed by atoms with Crippen molar-refractivity contribution in [3.8, 4) is 0 Å². The first kappa shape index (κ1) is 11.0. The molecule has 0 atom stereocenters. The Hall–Kier alpha value is -2.04. The molecule has 0 aliphatic heterocycles. The van der Waals surface area contributed by atoms with Crippen molar-refractivity contribution in [3.05, 3.63) is 29.8 Å². The number of carbonyl (C=O) groups is 2. The summed E-state index contributed by atoms with van der Waals surface area (Å²) >= 11 is 0. The quantitative estimate of drug-likeness (QED) is 0.755. The minimum atomic E-state index is -0.686.